The molecule has 0 radical (unpaired) electrons. The third-order valence-electron chi connectivity index (χ3n) is 2.72. The van der Waals surface area contributed by atoms with E-state index >= 15 is 0 Å². The van der Waals surface area contributed by atoms with Gasteiger partial charge in [-0.05, 0) is 29.8 Å². The summed E-state index contributed by atoms with van der Waals surface area (Å²) in [7, 11) is 0. The predicted octanol–water partition coefficient (Wildman–Crippen LogP) is 4.84. The summed E-state index contributed by atoms with van der Waals surface area (Å²) < 4.78 is 0. The van der Waals surface area contributed by atoms with E-state index in [0.717, 1.165) is 9.75 Å². The lowest BCUT2D eigenvalue weighted by Gasteiger charge is -1.94. The Morgan fingerprint density at radius 2 is 1.42 bits per heavy atom. The van der Waals surface area contributed by atoms with Crippen molar-refractivity contribution in [1.29, 1.82) is 0 Å². The van der Waals surface area contributed by atoms with E-state index in [0.29, 0.717) is 4.88 Å². The van der Waals surface area contributed by atoms with Gasteiger partial charge in [-0.3, -0.25) is 0 Å². The molecule has 1 N–H and O–H groups in total. The molecule has 2 aromatic heterocycles. The van der Waals surface area contributed by atoms with Crippen LogP contribution in [0.5, 0.6) is 0 Å². The third kappa shape index (κ3) is 2.45. The number of carboxylic acid groups (broad SMARTS) is 1. The Balaban J connectivity index is 1.94. The van der Waals surface area contributed by atoms with Crippen LogP contribution in [0.25, 0.3) is 20.2 Å². The van der Waals surface area contributed by atoms with Crippen molar-refractivity contribution in [2.75, 3.05) is 0 Å². The summed E-state index contributed by atoms with van der Waals surface area (Å²) in [5, 5.41) is 8.94. The molecule has 0 fully saturated rings. The van der Waals surface area contributed by atoms with Crippen LogP contribution in [0.3, 0.4) is 0 Å². The van der Waals surface area contributed by atoms with Crippen molar-refractivity contribution >= 4 is 28.6 Å². The molecule has 0 unspecified atom stereocenters. The van der Waals surface area contributed by atoms with Gasteiger partial charge in [-0.2, -0.15) is 0 Å². The second-order valence-electron chi connectivity index (χ2n) is 4.00. The van der Waals surface area contributed by atoms with E-state index in [-0.39, 0.29) is 0 Å². The molecule has 0 atom stereocenters. The Kier molecular flexibility index (Phi) is 3.19. The minimum Gasteiger partial charge on any atom is -0.477 e. The lowest BCUT2D eigenvalue weighted by Crippen LogP contribution is -1.89. The second kappa shape index (κ2) is 4.99. The maximum Gasteiger partial charge on any atom is 0.345 e. The number of benzene rings is 1. The minimum absolute atomic E-state index is 0.379. The molecule has 0 spiro atoms. The molecule has 1 aromatic carbocycles. The largest absolute Gasteiger partial charge is 0.477 e. The summed E-state index contributed by atoms with van der Waals surface area (Å²) in [4.78, 5) is 14.6. The lowest BCUT2D eigenvalue weighted by molar-refractivity contribution is 0.0702. The maximum absolute atomic E-state index is 10.9. The molecular weight excluding hydrogens is 276 g/mol. The van der Waals surface area contributed by atoms with Crippen LogP contribution in [0.4, 0.5) is 0 Å². The second-order valence-corrected chi connectivity index (χ2v) is 6.17. The Bertz CT molecular complexity index is 711. The summed E-state index contributed by atoms with van der Waals surface area (Å²) in [6, 6.07) is 17.8. The lowest BCUT2D eigenvalue weighted by atomic mass is 10.2. The van der Waals surface area contributed by atoms with Crippen LogP contribution in [0, 0.1) is 0 Å². The number of aromatic carboxylic acids is 1. The average molecular weight is 286 g/mol. The predicted molar refractivity (Wildman–Crippen MR) is 80.0 cm³/mol. The first-order valence-electron chi connectivity index (χ1n) is 5.73. The van der Waals surface area contributed by atoms with Gasteiger partial charge in [-0.25, -0.2) is 4.79 Å². The normalized spacial score (nSPS) is 10.5. The minimum atomic E-state index is -0.865. The van der Waals surface area contributed by atoms with Gasteiger partial charge in [0, 0.05) is 14.6 Å². The Hall–Kier alpha value is -1.91. The van der Waals surface area contributed by atoms with E-state index in [9.17, 15) is 4.79 Å². The van der Waals surface area contributed by atoms with Crippen LogP contribution in [0.15, 0.2) is 54.6 Å². The van der Waals surface area contributed by atoms with E-state index in [1.807, 2.05) is 30.3 Å². The zero-order valence-electron chi connectivity index (χ0n) is 9.87. The van der Waals surface area contributed by atoms with Crippen molar-refractivity contribution in [1.82, 2.24) is 0 Å². The van der Waals surface area contributed by atoms with E-state index < -0.39 is 5.97 Å². The fourth-order valence-corrected chi connectivity index (χ4v) is 3.76. The van der Waals surface area contributed by atoms with Crippen molar-refractivity contribution in [3.63, 3.8) is 0 Å². The number of thiophene rings is 2. The molecule has 0 aliphatic heterocycles. The zero-order chi connectivity index (χ0) is 13.2. The first kappa shape index (κ1) is 12.1. The summed E-state index contributed by atoms with van der Waals surface area (Å²) in [5.74, 6) is -0.865. The molecule has 0 bridgehead atoms. The molecule has 4 heteroatoms. The van der Waals surface area contributed by atoms with Gasteiger partial charge in [0.15, 0.2) is 0 Å². The highest BCUT2D eigenvalue weighted by atomic mass is 32.1. The molecule has 19 heavy (non-hydrogen) atoms. The number of rotatable bonds is 3. The van der Waals surface area contributed by atoms with Crippen LogP contribution in [-0.2, 0) is 0 Å². The van der Waals surface area contributed by atoms with Gasteiger partial charge >= 0.3 is 5.97 Å². The number of hydrogen-bond donors (Lipinski definition) is 1. The molecule has 0 saturated carbocycles. The molecular formula is C15H10O2S2. The number of carbonyl (C=O) groups is 1. The monoisotopic (exact) mass is 286 g/mol. The molecule has 0 aliphatic rings. The van der Waals surface area contributed by atoms with Gasteiger partial charge in [-0.15, -0.1) is 22.7 Å². The first-order chi connectivity index (χ1) is 9.24. The van der Waals surface area contributed by atoms with Gasteiger partial charge in [0.25, 0.3) is 0 Å². The molecule has 2 heterocycles. The standard InChI is InChI=1S/C15H10O2S2/c16-15(17)14-9-8-13(19-14)12-7-6-11(18-12)10-4-2-1-3-5-10/h1-9H,(H,16,17). The van der Waals surface area contributed by atoms with E-state index in [2.05, 4.69) is 18.2 Å². The van der Waals surface area contributed by atoms with Crippen molar-refractivity contribution in [3.05, 3.63) is 59.5 Å². The van der Waals surface area contributed by atoms with Crippen molar-refractivity contribution in [3.8, 4) is 20.2 Å². The molecule has 2 nitrogen and oxygen atoms in total. The van der Waals surface area contributed by atoms with Crippen LogP contribution < -0.4 is 0 Å². The maximum atomic E-state index is 10.9. The van der Waals surface area contributed by atoms with Crippen LogP contribution >= 0.6 is 22.7 Å². The topological polar surface area (TPSA) is 37.3 Å². The van der Waals surface area contributed by atoms with E-state index in [1.54, 1.807) is 17.4 Å². The molecule has 0 amide bonds. The summed E-state index contributed by atoms with van der Waals surface area (Å²) >= 11 is 3.00. The van der Waals surface area contributed by atoms with Gasteiger partial charge in [0.2, 0.25) is 0 Å². The third-order valence-corrected chi connectivity index (χ3v) is 5.13. The van der Waals surface area contributed by atoms with Crippen molar-refractivity contribution in [2.24, 2.45) is 0 Å². The van der Waals surface area contributed by atoms with Crippen LogP contribution in [-0.4, -0.2) is 11.1 Å². The first-order valence-corrected chi connectivity index (χ1v) is 7.36. The highest BCUT2D eigenvalue weighted by Crippen LogP contribution is 2.37. The van der Waals surface area contributed by atoms with Gasteiger partial charge in [-0.1, -0.05) is 30.3 Å². The zero-order valence-corrected chi connectivity index (χ0v) is 11.5. The Morgan fingerprint density at radius 3 is 2.11 bits per heavy atom. The summed E-state index contributed by atoms with van der Waals surface area (Å²) in [6.07, 6.45) is 0. The van der Waals surface area contributed by atoms with E-state index in [4.69, 9.17) is 5.11 Å². The average Bonchev–Trinajstić information content (AvgIpc) is 3.09. The number of hydrogen-bond acceptors (Lipinski definition) is 3. The fourth-order valence-electron chi connectivity index (χ4n) is 1.81. The van der Waals surface area contributed by atoms with Crippen molar-refractivity contribution < 1.29 is 9.90 Å². The van der Waals surface area contributed by atoms with Crippen molar-refractivity contribution in [2.45, 2.75) is 0 Å². The quantitative estimate of drug-likeness (QED) is 0.748. The van der Waals surface area contributed by atoms with Gasteiger partial charge in [0.05, 0.1) is 0 Å². The molecule has 3 rings (SSSR count). The van der Waals surface area contributed by atoms with Gasteiger partial charge < -0.3 is 5.11 Å². The van der Waals surface area contributed by atoms with E-state index in [1.165, 1.54) is 21.8 Å². The van der Waals surface area contributed by atoms with Gasteiger partial charge in [0.1, 0.15) is 4.88 Å². The highest BCUT2D eigenvalue weighted by molar-refractivity contribution is 7.24. The Labute approximate surface area is 118 Å². The molecule has 0 saturated heterocycles. The summed E-state index contributed by atoms with van der Waals surface area (Å²) in [5.41, 5.74) is 1.19. The highest BCUT2D eigenvalue weighted by Gasteiger charge is 2.10. The van der Waals surface area contributed by atoms with Crippen LogP contribution in [0.2, 0.25) is 0 Å². The SMILES string of the molecule is O=C(O)c1ccc(-c2ccc(-c3ccccc3)s2)s1. The Morgan fingerprint density at radius 1 is 0.789 bits per heavy atom. The molecule has 94 valence electrons. The fraction of sp³-hybridized carbons (Fsp3) is 0. The number of carboxylic acids is 1. The summed E-state index contributed by atoms with van der Waals surface area (Å²) in [6.45, 7) is 0. The molecule has 0 aliphatic carbocycles. The molecule has 3 aromatic rings. The smallest absolute Gasteiger partial charge is 0.345 e. The van der Waals surface area contributed by atoms with Crippen LogP contribution in [0.1, 0.15) is 9.67 Å².